The zero-order chi connectivity index (χ0) is 37.5. The highest BCUT2D eigenvalue weighted by atomic mass is 32.1. The van der Waals surface area contributed by atoms with Crippen LogP contribution >= 0.6 is 11.3 Å². The molecule has 0 saturated carbocycles. The molecule has 2 nitrogen and oxygen atoms in total. The molecule has 3 heteroatoms. The highest BCUT2D eigenvalue weighted by Gasteiger charge is 2.19. The summed E-state index contributed by atoms with van der Waals surface area (Å²) < 4.78 is 7.55. The fraction of sp³-hybridized carbons (Fsp3) is 0. The number of benzene rings is 9. The Labute approximate surface area is 333 Å². The number of aromatic nitrogens is 2. The molecule has 0 aliphatic carbocycles. The number of fused-ring (bicyclic) bond motifs is 10. The second-order valence-corrected chi connectivity index (χ2v) is 16.0. The molecule has 0 N–H and O–H groups in total. The number of para-hydroxylation sites is 1. The average molecular weight is 743 g/mol. The van der Waals surface area contributed by atoms with Crippen molar-refractivity contribution < 1.29 is 0 Å². The Morgan fingerprint density at radius 2 is 0.737 bits per heavy atom. The van der Waals surface area contributed by atoms with E-state index in [0.717, 1.165) is 11.4 Å². The Bertz CT molecular complexity index is 3380. The summed E-state index contributed by atoms with van der Waals surface area (Å²) in [6, 6.07) is 75.6. The highest BCUT2D eigenvalue weighted by molar-refractivity contribution is 7.26. The van der Waals surface area contributed by atoms with Crippen LogP contribution in [0.5, 0.6) is 0 Å². The van der Waals surface area contributed by atoms with Gasteiger partial charge in [0.15, 0.2) is 0 Å². The smallest absolute Gasteiger partial charge is 0.0634 e. The van der Waals surface area contributed by atoms with Crippen molar-refractivity contribution in [2.75, 3.05) is 0 Å². The molecule has 0 radical (unpaired) electrons. The molecule has 0 atom stereocenters. The third-order valence-corrected chi connectivity index (χ3v) is 12.9. The Balaban J connectivity index is 0.980. The van der Waals surface area contributed by atoms with E-state index in [1.54, 1.807) is 0 Å². The summed E-state index contributed by atoms with van der Waals surface area (Å²) >= 11 is 1.88. The first kappa shape index (κ1) is 32.1. The van der Waals surface area contributed by atoms with Crippen molar-refractivity contribution in [2.24, 2.45) is 0 Å². The van der Waals surface area contributed by atoms with E-state index in [-0.39, 0.29) is 0 Å². The minimum atomic E-state index is 1.14. The number of hydrogen-bond donors (Lipinski definition) is 0. The van der Waals surface area contributed by atoms with E-state index < -0.39 is 0 Å². The van der Waals surface area contributed by atoms with Gasteiger partial charge >= 0.3 is 0 Å². The van der Waals surface area contributed by atoms with Gasteiger partial charge in [-0.3, -0.25) is 0 Å². The Hall–Kier alpha value is -7.20. The topological polar surface area (TPSA) is 9.86 Å². The highest BCUT2D eigenvalue weighted by Crippen LogP contribution is 2.43. The van der Waals surface area contributed by atoms with Crippen LogP contribution in [0.4, 0.5) is 0 Å². The maximum atomic E-state index is 2.47. The summed E-state index contributed by atoms with van der Waals surface area (Å²) in [5.41, 5.74) is 14.5. The molecule has 12 aromatic rings. The first-order valence-electron chi connectivity index (χ1n) is 19.5. The lowest BCUT2D eigenvalue weighted by Crippen LogP contribution is -1.95. The molecule has 0 fully saturated rings. The van der Waals surface area contributed by atoms with Crippen LogP contribution in [0.2, 0.25) is 0 Å². The zero-order valence-corrected chi connectivity index (χ0v) is 31.7. The lowest BCUT2D eigenvalue weighted by molar-refractivity contribution is 1.18. The van der Waals surface area contributed by atoms with E-state index in [9.17, 15) is 0 Å². The molecule has 0 unspecified atom stereocenters. The molecule has 0 spiro atoms. The van der Waals surface area contributed by atoms with Crippen molar-refractivity contribution in [2.45, 2.75) is 0 Å². The molecule has 0 bridgehead atoms. The monoisotopic (exact) mass is 742 g/mol. The van der Waals surface area contributed by atoms with E-state index >= 15 is 0 Å². The van der Waals surface area contributed by atoms with Crippen molar-refractivity contribution in [1.82, 2.24) is 9.13 Å². The average Bonchev–Trinajstić information content (AvgIpc) is 3.94. The van der Waals surface area contributed by atoms with Gasteiger partial charge in [-0.15, -0.1) is 11.3 Å². The molecular weight excluding hydrogens is 709 g/mol. The summed E-state index contributed by atoms with van der Waals surface area (Å²) in [5.74, 6) is 0. The Kier molecular flexibility index (Phi) is 7.13. The normalized spacial score (nSPS) is 11.9. The molecule has 0 aliphatic rings. The van der Waals surface area contributed by atoms with Crippen LogP contribution in [0.25, 0.3) is 109 Å². The van der Waals surface area contributed by atoms with Crippen molar-refractivity contribution in [3.05, 3.63) is 206 Å². The quantitative estimate of drug-likeness (QED) is 0.166. The number of rotatable bonds is 5. The summed E-state index contributed by atoms with van der Waals surface area (Å²) in [6.45, 7) is 0. The summed E-state index contributed by atoms with van der Waals surface area (Å²) in [4.78, 5) is 0. The van der Waals surface area contributed by atoms with Gasteiger partial charge in [0.1, 0.15) is 0 Å². The van der Waals surface area contributed by atoms with Gasteiger partial charge in [0.2, 0.25) is 0 Å². The van der Waals surface area contributed by atoms with E-state index in [4.69, 9.17) is 0 Å². The van der Waals surface area contributed by atoms with Crippen molar-refractivity contribution in [3.8, 4) is 44.8 Å². The minimum Gasteiger partial charge on any atom is -0.309 e. The van der Waals surface area contributed by atoms with Crippen LogP contribution in [-0.2, 0) is 0 Å². The molecule has 0 aliphatic heterocycles. The molecule has 266 valence electrons. The van der Waals surface area contributed by atoms with E-state index in [0.29, 0.717) is 0 Å². The molecule has 12 rings (SSSR count). The predicted molar refractivity (Wildman–Crippen MR) is 244 cm³/mol. The van der Waals surface area contributed by atoms with Gasteiger partial charge in [0.25, 0.3) is 0 Å². The van der Waals surface area contributed by atoms with Gasteiger partial charge in [0.05, 0.1) is 22.1 Å². The largest absolute Gasteiger partial charge is 0.309 e. The molecule has 0 saturated heterocycles. The summed E-state index contributed by atoms with van der Waals surface area (Å²) in [5, 5.41) is 7.73. The van der Waals surface area contributed by atoms with Crippen molar-refractivity contribution in [3.63, 3.8) is 0 Å². The van der Waals surface area contributed by atoms with Gasteiger partial charge in [-0.1, -0.05) is 152 Å². The predicted octanol–water partition coefficient (Wildman–Crippen LogP) is 15.2. The maximum Gasteiger partial charge on any atom is 0.0634 e. The Morgan fingerprint density at radius 3 is 1.35 bits per heavy atom. The van der Waals surface area contributed by atoms with Crippen LogP contribution in [0.15, 0.2) is 206 Å². The second kappa shape index (κ2) is 12.7. The van der Waals surface area contributed by atoms with Gasteiger partial charge in [-0.25, -0.2) is 0 Å². The minimum absolute atomic E-state index is 1.14. The van der Waals surface area contributed by atoms with Crippen LogP contribution in [0.1, 0.15) is 0 Å². The van der Waals surface area contributed by atoms with Crippen LogP contribution in [0.3, 0.4) is 0 Å². The summed E-state index contributed by atoms with van der Waals surface area (Å²) in [7, 11) is 0. The Morgan fingerprint density at radius 1 is 0.281 bits per heavy atom. The molecule has 57 heavy (non-hydrogen) atoms. The molecule has 3 heterocycles. The molecule has 9 aromatic carbocycles. The van der Waals surface area contributed by atoms with Crippen LogP contribution in [0, 0.1) is 0 Å². The standard InChI is InChI=1S/C54H34N2S/c1-3-11-35(12-4-1)39-23-29-44-45-30-24-40(36-13-5-2-6-14-36)34-50(45)55(49(44)33-39)41-25-19-37(20-26-41)38-21-27-42(28-22-38)56-48-17-9-7-15-43(48)46-31-32-52-53(54(46)56)47-16-8-10-18-51(47)57-52/h1-34H. The zero-order valence-electron chi connectivity index (χ0n) is 30.9. The molecular formula is C54H34N2S. The van der Waals surface area contributed by atoms with Gasteiger partial charge < -0.3 is 9.13 Å². The van der Waals surface area contributed by atoms with Crippen molar-refractivity contribution in [1.29, 1.82) is 0 Å². The first-order valence-corrected chi connectivity index (χ1v) is 20.3. The van der Waals surface area contributed by atoms with Crippen LogP contribution < -0.4 is 0 Å². The molecule has 0 amide bonds. The van der Waals surface area contributed by atoms with Crippen LogP contribution in [-0.4, -0.2) is 9.13 Å². The fourth-order valence-corrected chi connectivity index (χ4v) is 10.2. The first-order chi connectivity index (χ1) is 28.3. The number of nitrogens with zero attached hydrogens (tertiary/aromatic N) is 2. The van der Waals surface area contributed by atoms with E-state index in [1.165, 1.54) is 97.2 Å². The number of thiophene rings is 1. The lowest BCUT2D eigenvalue weighted by atomic mass is 10.0. The molecule has 3 aromatic heterocycles. The third kappa shape index (κ3) is 5.03. The van der Waals surface area contributed by atoms with E-state index in [2.05, 4.69) is 215 Å². The SMILES string of the molecule is c1ccc(-c2ccc3c4ccc(-c5ccccc5)cc4n(-c4ccc(-c5ccc(-n6c7ccccc7c7ccc8sc9ccccc9c8c76)cc5)cc4)c3c2)cc1. The van der Waals surface area contributed by atoms with Gasteiger partial charge in [-0.05, 0) is 88.0 Å². The summed E-state index contributed by atoms with van der Waals surface area (Å²) in [6.07, 6.45) is 0. The lowest BCUT2D eigenvalue weighted by Gasteiger charge is -2.12. The van der Waals surface area contributed by atoms with Gasteiger partial charge in [-0.2, -0.15) is 0 Å². The third-order valence-electron chi connectivity index (χ3n) is 11.7. The van der Waals surface area contributed by atoms with Crippen molar-refractivity contribution >= 4 is 75.1 Å². The van der Waals surface area contributed by atoms with Gasteiger partial charge in [0, 0.05) is 53.1 Å². The number of hydrogen-bond acceptors (Lipinski definition) is 1. The maximum absolute atomic E-state index is 2.47. The van der Waals surface area contributed by atoms with E-state index in [1.807, 2.05) is 11.3 Å². The second-order valence-electron chi connectivity index (χ2n) is 14.9. The fourth-order valence-electron chi connectivity index (χ4n) is 9.06.